The first-order chi connectivity index (χ1) is 18.8. The fourth-order valence-electron chi connectivity index (χ4n) is 4.21. The highest BCUT2D eigenvalue weighted by Crippen LogP contribution is 2.35. The van der Waals surface area contributed by atoms with Crippen LogP contribution in [-0.2, 0) is 26.0 Å². The summed E-state index contributed by atoms with van der Waals surface area (Å²) in [5.74, 6) is -0.756. The van der Waals surface area contributed by atoms with Crippen molar-refractivity contribution in [2.24, 2.45) is 5.18 Å². The molecule has 0 atom stereocenters. The van der Waals surface area contributed by atoms with Crippen LogP contribution in [0.1, 0.15) is 26.3 Å². The monoisotopic (exact) mass is 604 g/mol. The molecule has 0 aliphatic carbocycles. The van der Waals surface area contributed by atoms with Gasteiger partial charge in [-0.3, -0.25) is 14.0 Å². The van der Waals surface area contributed by atoms with Crippen LogP contribution in [0.5, 0.6) is 0 Å². The fraction of sp³-hybridized carbons (Fsp3) is 0.259. The van der Waals surface area contributed by atoms with Gasteiger partial charge in [0.25, 0.3) is 10.0 Å². The second-order valence-electron chi connectivity index (χ2n) is 9.96. The topological polar surface area (TPSA) is 125 Å². The van der Waals surface area contributed by atoms with Gasteiger partial charge in [-0.25, -0.2) is 13.2 Å². The first kappa shape index (κ1) is 29.3. The fourth-order valence-corrected chi connectivity index (χ4v) is 6.33. The molecular formula is C27H26Cl2N4O6S. The van der Waals surface area contributed by atoms with Gasteiger partial charge in [-0.05, 0) is 86.5 Å². The molecule has 2 amide bonds. The molecule has 40 heavy (non-hydrogen) atoms. The van der Waals surface area contributed by atoms with E-state index in [0.29, 0.717) is 24.2 Å². The van der Waals surface area contributed by atoms with Crippen LogP contribution in [0, 0.1) is 4.91 Å². The Kier molecular flexibility index (Phi) is 8.38. The zero-order valence-corrected chi connectivity index (χ0v) is 24.2. The Morgan fingerprint density at radius 2 is 1.73 bits per heavy atom. The van der Waals surface area contributed by atoms with Crippen molar-refractivity contribution in [2.75, 3.05) is 27.6 Å². The number of rotatable bonds is 7. The molecule has 10 nitrogen and oxygen atoms in total. The number of nitrogens with zero attached hydrogens (tertiary/aromatic N) is 3. The molecule has 0 bridgehead atoms. The zero-order valence-electron chi connectivity index (χ0n) is 21.9. The van der Waals surface area contributed by atoms with Crippen LogP contribution >= 0.6 is 23.2 Å². The minimum absolute atomic E-state index is 0.0923. The number of halogens is 2. The smallest absolute Gasteiger partial charge is 0.327 e. The average molecular weight is 606 g/mol. The van der Waals surface area contributed by atoms with Crippen molar-refractivity contribution in [3.63, 3.8) is 0 Å². The molecule has 4 rings (SSSR count). The molecule has 0 fully saturated rings. The molecule has 1 N–H and O–H groups in total. The Labute approximate surface area is 241 Å². The number of hydrogen-bond donors (Lipinski definition) is 1. The number of nitroso groups, excluding NO2 is 1. The van der Waals surface area contributed by atoms with Crippen LogP contribution < -0.4 is 14.5 Å². The Morgan fingerprint density at radius 1 is 1.05 bits per heavy atom. The maximum atomic E-state index is 13.8. The Bertz CT molecular complexity index is 1570. The van der Waals surface area contributed by atoms with E-state index in [1.54, 1.807) is 51.1 Å². The predicted octanol–water partition coefficient (Wildman–Crippen LogP) is 6.52. The largest absolute Gasteiger partial charge is 0.459 e. The number of fused-ring (bicyclic) bond motifs is 1. The quantitative estimate of drug-likeness (QED) is 0.241. The van der Waals surface area contributed by atoms with Crippen molar-refractivity contribution in [3.05, 3.63) is 81.2 Å². The van der Waals surface area contributed by atoms with Gasteiger partial charge in [0.15, 0.2) is 0 Å². The molecule has 3 aromatic rings. The number of esters is 1. The Balaban J connectivity index is 1.68. The molecule has 0 radical (unpaired) electrons. The summed E-state index contributed by atoms with van der Waals surface area (Å²) in [6, 6.07) is 14.5. The van der Waals surface area contributed by atoms with E-state index in [9.17, 15) is 22.9 Å². The molecule has 0 saturated heterocycles. The maximum absolute atomic E-state index is 13.8. The summed E-state index contributed by atoms with van der Waals surface area (Å²) in [4.78, 5) is 38.2. The molecule has 0 unspecified atom stereocenters. The number of urea groups is 1. The van der Waals surface area contributed by atoms with E-state index in [0.717, 1.165) is 4.31 Å². The lowest BCUT2D eigenvalue weighted by atomic mass is 10.1. The second kappa shape index (κ2) is 11.4. The number of ether oxygens (including phenoxy) is 1. The third-order valence-electron chi connectivity index (χ3n) is 5.85. The minimum Gasteiger partial charge on any atom is -0.459 e. The number of amides is 2. The molecule has 0 saturated carbocycles. The lowest BCUT2D eigenvalue weighted by Crippen LogP contribution is -2.39. The van der Waals surface area contributed by atoms with Gasteiger partial charge in [0.05, 0.1) is 16.3 Å². The maximum Gasteiger partial charge on any atom is 0.327 e. The predicted molar refractivity (Wildman–Crippen MR) is 155 cm³/mol. The van der Waals surface area contributed by atoms with Crippen LogP contribution in [0.15, 0.2) is 70.7 Å². The molecule has 3 aromatic carbocycles. The molecule has 13 heteroatoms. The zero-order chi connectivity index (χ0) is 29.2. The van der Waals surface area contributed by atoms with E-state index < -0.39 is 34.2 Å². The lowest BCUT2D eigenvalue weighted by molar-refractivity contribution is -0.152. The summed E-state index contributed by atoms with van der Waals surface area (Å²) >= 11 is 12.1. The van der Waals surface area contributed by atoms with Gasteiger partial charge in [0, 0.05) is 22.3 Å². The minimum atomic E-state index is -4.31. The number of sulfonamides is 1. The highest BCUT2D eigenvalue weighted by Gasteiger charge is 2.32. The first-order valence-corrected chi connectivity index (χ1v) is 14.3. The summed E-state index contributed by atoms with van der Waals surface area (Å²) < 4.78 is 33.9. The van der Waals surface area contributed by atoms with Crippen LogP contribution in [0.2, 0.25) is 10.0 Å². The third-order valence-corrected chi connectivity index (χ3v) is 8.04. The van der Waals surface area contributed by atoms with Crippen molar-refractivity contribution in [1.29, 1.82) is 0 Å². The van der Waals surface area contributed by atoms with E-state index in [4.69, 9.17) is 27.9 Å². The van der Waals surface area contributed by atoms with E-state index in [2.05, 4.69) is 10.5 Å². The van der Waals surface area contributed by atoms with Crippen LogP contribution in [0.3, 0.4) is 0 Å². The molecule has 1 aliphatic heterocycles. The number of anilines is 3. The van der Waals surface area contributed by atoms with Crippen LogP contribution in [0.25, 0.3) is 0 Å². The molecule has 210 valence electrons. The molecular weight excluding hydrogens is 579 g/mol. The number of nitrogens with one attached hydrogen (secondary N) is 1. The van der Waals surface area contributed by atoms with Gasteiger partial charge in [-0.1, -0.05) is 35.3 Å². The summed E-state index contributed by atoms with van der Waals surface area (Å²) in [6.45, 7) is 4.74. The van der Waals surface area contributed by atoms with Crippen molar-refractivity contribution in [2.45, 2.75) is 37.7 Å². The molecule has 1 aliphatic rings. The van der Waals surface area contributed by atoms with Gasteiger partial charge >= 0.3 is 12.0 Å². The number of carbonyl (C=O) groups is 2. The van der Waals surface area contributed by atoms with Crippen LogP contribution in [0.4, 0.5) is 27.5 Å². The highest BCUT2D eigenvalue weighted by atomic mass is 35.5. The highest BCUT2D eigenvalue weighted by molar-refractivity contribution is 7.92. The molecule has 0 spiro atoms. The van der Waals surface area contributed by atoms with Gasteiger partial charge < -0.3 is 10.1 Å². The van der Waals surface area contributed by atoms with E-state index in [1.165, 1.54) is 35.2 Å². The van der Waals surface area contributed by atoms with Crippen molar-refractivity contribution < 1.29 is 22.7 Å². The van der Waals surface area contributed by atoms with Crippen molar-refractivity contribution in [3.8, 4) is 0 Å². The first-order valence-electron chi connectivity index (χ1n) is 12.1. The van der Waals surface area contributed by atoms with Crippen molar-refractivity contribution >= 4 is 68.0 Å². The standard InChI is InChI=1S/C27H26Cl2N4O6S/c1-27(2,3)39-25(34)16-33(40(37,38)21-14-18(28)13-19(29)15-21)20-8-9-24-17(12-20)10-11-32(24)26(35)30-22-6-4-5-7-23(22)31-36/h4-9,12-15H,10-11,16H2,1-3H3,(H,30,35). The second-order valence-corrected chi connectivity index (χ2v) is 12.7. The van der Waals surface area contributed by atoms with Gasteiger partial charge in [0.2, 0.25) is 0 Å². The lowest BCUT2D eigenvalue weighted by Gasteiger charge is -2.27. The average Bonchev–Trinajstić information content (AvgIpc) is 3.29. The summed E-state index contributed by atoms with van der Waals surface area (Å²) in [5.41, 5.74) is 0.951. The number of para-hydroxylation sites is 1. The van der Waals surface area contributed by atoms with Crippen LogP contribution in [-0.4, -0.2) is 39.1 Å². The third kappa shape index (κ3) is 6.55. The van der Waals surface area contributed by atoms with E-state index in [-0.39, 0.29) is 32.0 Å². The number of benzene rings is 3. The number of hydrogen-bond acceptors (Lipinski definition) is 7. The van der Waals surface area contributed by atoms with Crippen molar-refractivity contribution in [1.82, 2.24) is 0 Å². The summed E-state index contributed by atoms with van der Waals surface area (Å²) in [6.07, 6.45) is 0.424. The van der Waals surface area contributed by atoms with E-state index >= 15 is 0 Å². The van der Waals surface area contributed by atoms with Gasteiger partial charge in [-0.2, -0.15) is 0 Å². The molecule has 1 heterocycles. The molecule has 0 aromatic heterocycles. The van der Waals surface area contributed by atoms with Gasteiger partial charge in [0.1, 0.15) is 17.8 Å². The Hall–Kier alpha value is -3.67. The number of carbonyl (C=O) groups excluding carboxylic acids is 2. The van der Waals surface area contributed by atoms with E-state index in [1.807, 2.05) is 0 Å². The normalized spacial score (nSPS) is 13.0. The SMILES string of the molecule is CC(C)(C)OC(=O)CN(c1ccc2c(c1)CCN2C(=O)Nc1ccccc1N=O)S(=O)(=O)c1cc(Cl)cc(Cl)c1. The Morgan fingerprint density at radius 3 is 2.38 bits per heavy atom. The van der Waals surface area contributed by atoms with Gasteiger partial charge in [-0.15, -0.1) is 4.91 Å². The summed E-state index contributed by atoms with van der Waals surface area (Å²) in [7, 11) is -4.31. The summed E-state index contributed by atoms with van der Waals surface area (Å²) in [5, 5.41) is 5.85.